The van der Waals surface area contributed by atoms with Gasteiger partial charge in [0, 0.05) is 21.7 Å². The number of rotatable bonds is 7. The first-order valence-corrected chi connectivity index (χ1v) is 11.5. The number of aliphatic imine (C=N–C) groups is 1. The molecule has 0 fully saturated rings. The van der Waals surface area contributed by atoms with Crippen LogP contribution in [0.25, 0.3) is 6.08 Å². The van der Waals surface area contributed by atoms with Crippen LogP contribution in [-0.2, 0) is 16.1 Å². The summed E-state index contributed by atoms with van der Waals surface area (Å²) in [5.74, 6) is 0.0581. The van der Waals surface area contributed by atoms with Gasteiger partial charge in [0.2, 0.25) is 5.90 Å². The van der Waals surface area contributed by atoms with E-state index in [2.05, 4.69) is 20.9 Å². The Morgan fingerprint density at radius 3 is 2.63 bits per heavy atom. The van der Waals surface area contributed by atoms with Gasteiger partial charge in [-0.1, -0.05) is 45.7 Å². The van der Waals surface area contributed by atoms with E-state index in [1.165, 1.54) is 25.3 Å². The SMILES string of the molecule is COc1cc(/C=C2\N=C(c3cccc([N+](=O)[O-])c3C)OC2=O)cc(Cl)c1OCc1ccc(Br)cc1. The van der Waals surface area contributed by atoms with Crippen molar-refractivity contribution < 1.29 is 23.9 Å². The average molecular weight is 558 g/mol. The maximum atomic E-state index is 12.5. The third kappa shape index (κ3) is 5.36. The molecule has 0 aromatic heterocycles. The first-order chi connectivity index (χ1) is 16.8. The Hall–Kier alpha value is -3.69. The van der Waals surface area contributed by atoms with Crippen LogP contribution in [0.4, 0.5) is 5.69 Å². The quantitative estimate of drug-likeness (QED) is 0.147. The number of nitro groups is 1. The fourth-order valence-corrected chi connectivity index (χ4v) is 3.97. The molecule has 0 saturated heterocycles. The highest BCUT2D eigenvalue weighted by Crippen LogP contribution is 2.38. The minimum Gasteiger partial charge on any atom is -0.493 e. The van der Waals surface area contributed by atoms with Crippen LogP contribution < -0.4 is 9.47 Å². The largest absolute Gasteiger partial charge is 0.493 e. The van der Waals surface area contributed by atoms with Crippen molar-refractivity contribution in [2.45, 2.75) is 13.5 Å². The number of halogens is 2. The summed E-state index contributed by atoms with van der Waals surface area (Å²) in [6.07, 6.45) is 1.49. The van der Waals surface area contributed by atoms with E-state index in [-0.39, 0.29) is 23.9 Å². The number of methoxy groups -OCH3 is 1. The molecule has 3 aromatic rings. The highest BCUT2D eigenvalue weighted by Gasteiger charge is 2.27. The standard InChI is InChI=1S/C25H18BrClN2O6/c1-14-18(4-3-5-21(14)29(31)32)24-28-20(25(30)35-24)11-16-10-19(27)23(22(12-16)33-2)34-13-15-6-8-17(26)9-7-15/h3-12H,13H2,1-2H3/b20-11-. The third-order valence-electron chi connectivity index (χ3n) is 5.20. The molecular formula is C25H18BrClN2O6. The molecule has 1 aliphatic heterocycles. The van der Waals surface area contributed by atoms with Crippen LogP contribution in [0.15, 0.2) is 69.8 Å². The minimum absolute atomic E-state index is 0.00466. The topological polar surface area (TPSA) is 100 Å². The molecule has 4 rings (SSSR count). The van der Waals surface area contributed by atoms with Crippen LogP contribution >= 0.6 is 27.5 Å². The second-order valence-corrected chi connectivity index (χ2v) is 8.81. The lowest BCUT2D eigenvalue weighted by Gasteiger charge is -2.13. The zero-order chi connectivity index (χ0) is 25.1. The highest BCUT2D eigenvalue weighted by atomic mass is 79.9. The van der Waals surface area contributed by atoms with Gasteiger partial charge < -0.3 is 14.2 Å². The number of esters is 1. The smallest absolute Gasteiger partial charge is 0.363 e. The number of benzene rings is 3. The number of cyclic esters (lactones) is 1. The van der Waals surface area contributed by atoms with Gasteiger partial charge >= 0.3 is 5.97 Å². The Morgan fingerprint density at radius 1 is 1.20 bits per heavy atom. The molecule has 1 heterocycles. The van der Waals surface area contributed by atoms with Gasteiger partial charge in [-0.25, -0.2) is 9.79 Å². The third-order valence-corrected chi connectivity index (χ3v) is 6.01. The van der Waals surface area contributed by atoms with Crippen molar-refractivity contribution in [3.63, 3.8) is 0 Å². The normalized spacial score (nSPS) is 14.0. The molecule has 0 N–H and O–H groups in total. The van der Waals surface area contributed by atoms with Crippen LogP contribution in [0.1, 0.15) is 22.3 Å². The molecule has 0 radical (unpaired) electrons. The summed E-state index contributed by atoms with van der Waals surface area (Å²) in [4.78, 5) is 27.4. The Bertz CT molecular complexity index is 1390. The first-order valence-electron chi connectivity index (χ1n) is 10.3. The predicted molar refractivity (Wildman–Crippen MR) is 135 cm³/mol. The van der Waals surface area contributed by atoms with E-state index in [9.17, 15) is 14.9 Å². The number of hydrogen-bond donors (Lipinski definition) is 0. The maximum Gasteiger partial charge on any atom is 0.363 e. The molecular weight excluding hydrogens is 540 g/mol. The fraction of sp³-hybridized carbons (Fsp3) is 0.120. The van der Waals surface area contributed by atoms with Gasteiger partial charge in [0.05, 0.1) is 17.1 Å². The number of carbonyl (C=O) groups excluding carboxylic acids is 1. The van der Waals surface area contributed by atoms with Crippen molar-refractivity contribution in [1.82, 2.24) is 0 Å². The lowest BCUT2D eigenvalue weighted by molar-refractivity contribution is -0.385. The number of carbonyl (C=O) groups is 1. The second kappa shape index (κ2) is 10.3. The molecule has 0 atom stereocenters. The number of hydrogen-bond acceptors (Lipinski definition) is 7. The summed E-state index contributed by atoms with van der Waals surface area (Å²) in [7, 11) is 1.49. The van der Waals surface area contributed by atoms with Crippen molar-refractivity contribution in [3.05, 3.63) is 102 Å². The van der Waals surface area contributed by atoms with Gasteiger partial charge in [-0.05, 0) is 54.5 Å². The molecule has 0 bridgehead atoms. The first kappa shape index (κ1) is 24.4. The minimum atomic E-state index is -0.684. The molecule has 0 unspecified atom stereocenters. The van der Waals surface area contributed by atoms with Crippen molar-refractivity contribution in [2.24, 2.45) is 4.99 Å². The van der Waals surface area contributed by atoms with Crippen LogP contribution in [-0.4, -0.2) is 23.9 Å². The lowest BCUT2D eigenvalue weighted by atomic mass is 10.1. The molecule has 1 aliphatic rings. The van der Waals surface area contributed by atoms with Crippen LogP contribution in [0.5, 0.6) is 11.5 Å². The summed E-state index contributed by atoms with van der Waals surface area (Å²) >= 11 is 9.86. The Morgan fingerprint density at radius 2 is 1.94 bits per heavy atom. The predicted octanol–water partition coefficient (Wildman–Crippen LogP) is 6.25. The van der Waals surface area contributed by atoms with Crippen LogP contribution in [0, 0.1) is 17.0 Å². The van der Waals surface area contributed by atoms with E-state index >= 15 is 0 Å². The van der Waals surface area contributed by atoms with Crippen molar-refractivity contribution in [3.8, 4) is 11.5 Å². The average Bonchev–Trinajstić information content (AvgIpc) is 3.18. The molecule has 3 aromatic carbocycles. The summed E-state index contributed by atoms with van der Waals surface area (Å²) in [5, 5.41) is 11.5. The zero-order valence-corrected chi connectivity index (χ0v) is 20.9. The monoisotopic (exact) mass is 556 g/mol. The summed E-state index contributed by atoms with van der Waals surface area (Å²) in [5.41, 5.74) is 2.13. The summed E-state index contributed by atoms with van der Waals surface area (Å²) in [6, 6.07) is 15.4. The lowest BCUT2D eigenvalue weighted by Crippen LogP contribution is -2.08. The van der Waals surface area contributed by atoms with Gasteiger partial charge in [-0.2, -0.15) is 0 Å². The van der Waals surface area contributed by atoms with Gasteiger partial charge in [-0.3, -0.25) is 10.1 Å². The molecule has 0 aliphatic carbocycles. The van der Waals surface area contributed by atoms with E-state index in [4.69, 9.17) is 25.8 Å². The van der Waals surface area contributed by atoms with Crippen LogP contribution in [0.3, 0.4) is 0 Å². The molecule has 0 spiro atoms. The molecule has 0 amide bonds. The molecule has 8 nitrogen and oxygen atoms in total. The maximum absolute atomic E-state index is 12.5. The number of nitro benzene ring substituents is 1. The van der Waals surface area contributed by atoms with Crippen molar-refractivity contribution in [2.75, 3.05) is 7.11 Å². The van der Waals surface area contributed by atoms with E-state index < -0.39 is 10.9 Å². The van der Waals surface area contributed by atoms with E-state index in [1.807, 2.05) is 24.3 Å². The van der Waals surface area contributed by atoms with Gasteiger partial charge in [0.25, 0.3) is 5.69 Å². The number of ether oxygens (including phenoxy) is 3. The molecule has 178 valence electrons. The van der Waals surface area contributed by atoms with Gasteiger partial charge in [-0.15, -0.1) is 0 Å². The summed E-state index contributed by atoms with van der Waals surface area (Å²) in [6.45, 7) is 1.86. The van der Waals surface area contributed by atoms with Gasteiger partial charge in [0.15, 0.2) is 17.2 Å². The number of nitrogens with zero attached hydrogens (tertiary/aromatic N) is 2. The summed E-state index contributed by atoms with van der Waals surface area (Å²) < 4.78 is 17.6. The van der Waals surface area contributed by atoms with Crippen LogP contribution in [0.2, 0.25) is 5.02 Å². The Balaban J connectivity index is 1.61. The fourth-order valence-electron chi connectivity index (χ4n) is 3.43. The van der Waals surface area contributed by atoms with Crippen molar-refractivity contribution in [1.29, 1.82) is 0 Å². The van der Waals surface area contributed by atoms with E-state index in [0.717, 1.165) is 10.0 Å². The van der Waals surface area contributed by atoms with E-state index in [0.29, 0.717) is 33.2 Å². The zero-order valence-electron chi connectivity index (χ0n) is 18.6. The Labute approximate surface area is 214 Å². The van der Waals surface area contributed by atoms with Crippen molar-refractivity contribution >= 4 is 51.2 Å². The second-order valence-electron chi connectivity index (χ2n) is 7.49. The molecule has 0 saturated carbocycles. The molecule has 10 heteroatoms. The van der Waals surface area contributed by atoms with Gasteiger partial charge in [0.1, 0.15) is 6.61 Å². The Kier molecular flexibility index (Phi) is 7.18. The molecule has 35 heavy (non-hydrogen) atoms. The highest BCUT2D eigenvalue weighted by molar-refractivity contribution is 9.10. The van der Waals surface area contributed by atoms with E-state index in [1.54, 1.807) is 25.1 Å².